The molecule has 0 unspecified atom stereocenters. The molecule has 0 aliphatic heterocycles. The third-order valence-corrected chi connectivity index (χ3v) is 2.26. The fourth-order valence-corrected chi connectivity index (χ4v) is 1.45. The van der Waals surface area contributed by atoms with Gasteiger partial charge in [-0.15, -0.1) is 0 Å². The monoisotopic (exact) mass is 289 g/mol. The second kappa shape index (κ2) is 4.16. The van der Waals surface area contributed by atoms with E-state index in [1.807, 2.05) is 0 Å². The number of carbonyl (C=O) groups is 1. The maximum absolute atomic E-state index is 10.7. The molecular weight excluding hydrogens is 285 g/mol. The van der Waals surface area contributed by atoms with Crippen LogP contribution in [0.3, 0.4) is 0 Å². The number of hydrogen-bond donors (Lipinski definition) is 0. The molecule has 0 bridgehead atoms. The number of nitrogens with zero attached hydrogens (tertiary/aromatic N) is 3. The highest BCUT2D eigenvalue weighted by Gasteiger charge is 2.09. The molecule has 78 valence electrons. The van der Waals surface area contributed by atoms with Gasteiger partial charge in [0.15, 0.2) is 5.69 Å². The van der Waals surface area contributed by atoms with Crippen molar-refractivity contribution >= 4 is 32.8 Å². The van der Waals surface area contributed by atoms with Gasteiger partial charge < -0.3 is 4.42 Å². The van der Waals surface area contributed by atoms with Gasteiger partial charge in [-0.25, -0.2) is 4.98 Å². The normalized spacial score (nSPS) is 10.5. The Morgan fingerprint density at radius 1 is 1.67 bits per heavy atom. The van der Waals surface area contributed by atoms with Crippen LogP contribution in [0.25, 0.3) is 0 Å². The minimum Gasteiger partial charge on any atom is -0.446 e. The average Bonchev–Trinajstić information content (AvgIpc) is 2.76. The zero-order valence-electron chi connectivity index (χ0n) is 7.35. The van der Waals surface area contributed by atoms with Crippen LogP contribution in [-0.4, -0.2) is 20.0 Å². The Morgan fingerprint density at radius 3 is 3.00 bits per heavy atom. The third-order valence-electron chi connectivity index (χ3n) is 1.65. The SMILES string of the molecule is O=C(Cl)c1coc(Cn2cc(Br)cn2)n1. The third kappa shape index (κ3) is 2.45. The van der Waals surface area contributed by atoms with E-state index in [-0.39, 0.29) is 5.69 Å². The summed E-state index contributed by atoms with van der Waals surface area (Å²) in [7, 11) is 0. The lowest BCUT2D eigenvalue weighted by Crippen LogP contribution is -2.00. The molecule has 5 nitrogen and oxygen atoms in total. The number of halogens is 2. The van der Waals surface area contributed by atoms with E-state index in [1.165, 1.54) is 6.26 Å². The van der Waals surface area contributed by atoms with Gasteiger partial charge in [-0.1, -0.05) is 0 Å². The second-order valence-electron chi connectivity index (χ2n) is 2.76. The molecule has 0 aliphatic rings. The Labute approximate surface area is 98.2 Å². The lowest BCUT2D eigenvalue weighted by molar-refractivity contribution is 0.107. The Balaban J connectivity index is 2.14. The second-order valence-corrected chi connectivity index (χ2v) is 4.02. The predicted octanol–water partition coefficient (Wildman–Crippen LogP) is 2.06. The van der Waals surface area contributed by atoms with Crippen LogP contribution in [-0.2, 0) is 6.54 Å². The van der Waals surface area contributed by atoms with Crippen molar-refractivity contribution in [3.63, 3.8) is 0 Å². The van der Waals surface area contributed by atoms with Gasteiger partial charge in [0.2, 0.25) is 5.89 Å². The van der Waals surface area contributed by atoms with Crippen LogP contribution in [0, 0.1) is 0 Å². The maximum atomic E-state index is 10.7. The Kier molecular flexibility index (Phi) is 2.88. The van der Waals surface area contributed by atoms with Crippen molar-refractivity contribution in [3.8, 4) is 0 Å². The largest absolute Gasteiger partial charge is 0.446 e. The van der Waals surface area contributed by atoms with Crippen molar-refractivity contribution in [2.75, 3.05) is 0 Å². The quantitative estimate of drug-likeness (QED) is 0.812. The molecule has 0 aliphatic carbocycles. The fourth-order valence-electron chi connectivity index (χ4n) is 1.04. The first kappa shape index (κ1) is 10.4. The summed E-state index contributed by atoms with van der Waals surface area (Å²) in [4.78, 5) is 14.6. The van der Waals surface area contributed by atoms with Gasteiger partial charge in [0.25, 0.3) is 5.24 Å². The molecule has 0 spiro atoms. The highest BCUT2D eigenvalue weighted by Crippen LogP contribution is 2.09. The van der Waals surface area contributed by atoms with E-state index in [1.54, 1.807) is 17.1 Å². The summed E-state index contributed by atoms with van der Waals surface area (Å²) in [6, 6.07) is 0. The van der Waals surface area contributed by atoms with Crippen molar-refractivity contribution in [2.24, 2.45) is 0 Å². The highest BCUT2D eigenvalue weighted by molar-refractivity contribution is 9.10. The van der Waals surface area contributed by atoms with Gasteiger partial charge in [-0.2, -0.15) is 5.10 Å². The topological polar surface area (TPSA) is 60.9 Å². The van der Waals surface area contributed by atoms with E-state index in [2.05, 4.69) is 26.0 Å². The molecule has 15 heavy (non-hydrogen) atoms. The van der Waals surface area contributed by atoms with Crippen LogP contribution < -0.4 is 0 Å². The maximum Gasteiger partial charge on any atom is 0.274 e. The zero-order valence-corrected chi connectivity index (χ0v) is 9.70. The molecule has 0 aromatic carbocycles. The van der Waals surface area contributed by atoms with E-state index < -0.39 is 5.24 Å². The lowest BCUT2D eigenvalue weighted by atomic mass is 10.5. The Bertz CT molecular complexity index is 494. The van der Waals surface area contributed by atoms with E-state index in [0.29, 0.717) is 12.4 Å². The molecule has 0 radical (unpaired) electrons. The molecule has 0 fully saturated rings. The summed E-state index contributed by atoms with van der Waals surface area (Å²) >= 11 is 8.50. The molecule has 0 atom stereocenters. The van der Waals surface area contributed by atoms with Gasteiger partial charge in [-0.3, -0.25) is 9.48 Å². The predicted molar refractivity (Wildman–Crippen MR) is 55.7 cm³/mol. The summed E-state index contributed by atoms with van der Waals surface area (Å²) in [5, 5.41) is 3.38. The van der Waals surface area contributed by atoms with Crippen LogP contribution in [0.1, 0.15) is 16.4 Å². The van der Waals surface area contributed by atoms with Crippen LogP contribution in [0.15, 0.2) is 27.5 Å². The summed E-state index contributed by atoms with van der Waals surface area (Å²) in [5.74, 6) is 0.384. The fraction of sp³-hybridized carbons (Fsp3) is 0.125. The van der Waals surface area contributed by atoms with Crippen molar-refractivity contribution in [1.29, 1.82) is 0 Å². The van der Waals surface area contributed by atoms with Gasteiger partial charge in [-0.05, 0) is 27.5 Å². The van der Waals surface area contributed by atoms with Crippen LogP contribution in [0.5, 0.6) is 0 Å². The standard InChI is InChI=1S/C8H5BrClN3O2/c9-5-1-11-13(2-5)3-7-12-6(4-15-7)8(10)14/h1-2,4H,3H2. The minimum atomic E-state index is -0.633. The van der Waals surface area contributed by atoms with E-state index >= 15 is 0 Å². The van der Waals surface area contributed by atoms with E-state index in [9.17, 15) is 4.79 Å². The minimum absolute atomic E-state index is 0.109. The van der Waals surface area contributed by atoms with Gasteiger partial charge in [0.05, 0.1) is 10.7 Å². The first-order valence-electron chi connectivity index (χ1n) is 3.97. The number of hydrogen-bond acceptors (Lipinski definition) is 4. The summed E-state index contributed by atoms with van der Waals surface area (Å²) < 4.78 is 7.53. The smallest absolute Gasteiger partial charge is 0.274 e. The molecule has 2 aromatic rings. The highest BCUT2D eigenvalue weighted by atomic mass is 79.9. The van der Waals surface area contributed by atoms with Crippen molar-refractivity contribution in [3.05, 3.63) is 34.7 Å². The number of carbonyl (C=O) groups excluding carboxylic acids is 1. The first-order chi connectivity index (χ1) is 7.15. The van der Waals surface area contributed by atoms with Gasteiger partial charge in [0.1, 0.15) is 12.8 Å². The van der Waals surface area contributed by atoms with E-state index in [0.717, 1.165) is 4.47 Å². The number of rotatable bonds is 3. The molecule has 0 saturated heterocycles. The van der Waals surface area contributed by atoms with Crippen molar-refractivity contribution in [2.45, 2.75) is 6.54 Å². The molecule has 0 amide bonds. The summed E-state index contributed by atoms with van der Waals surface area (Å²) in [6.45, 7) is 0.357. The molecule has 7 heteroatoms. The zero-order chi connectivity index (χ0) is 10.8. The van der Waals surface area contributed by atoms with Crippen molar-refractivity contribution < 1.29 is 9.21 Å². The molecular formula is C8H5BrClN3O2. The van der Waals surface area contributed by atoms with Crippen molar-refractivity contribution in [1.82, 2.24) is 14.8 Å². The summed E-state index contributed by atoms with van der Waals surface area (Å²) in [6.07, 6.45) is 4.64. The lowest BCUT2D eigenvalue weighted by Gasteiger charge is -1.94. The Morgan fingerprint density at radius 2 is 2.47 bits per heavy atom. The van der Waals surface area contributed by atoms with Crippen LogP contribution in [0.2, 0.25) is 0 Å². The average molecular weight is 291 g/mol. The first-order valence-corrected chi connectivity index (χ1v) is 5.14. The van der Waals surface area contributed by atoms with E-state index in [4.69, 9.17) is 16.0 Å². The summed E-state index contributed by atoms with van der Waals surface area (Å²) in [5.41, 5.74) is 0.109. The number of oxazole rings is 1. The Hall–Kier alpha value is -1.14. The molecule has 2 aromatic heterocycles. The van der Waals surface area contributed by atoms with Gasteiger partial charge >= 0.3 is 0 Å². The molecule has 0 saturated carbocycles. The molecule has 2 rings (SSSR count). The number of aromatic nitrogens is 3. The van der Waals surface area contributed by atoms with Crippen LogP contribution >= 0.6 is 27.5 Å². The van der Waals surface area contributed by atoms with Crippen LogP contribution in [0.4, 0.5) is 0 Å². The van der Waals surface area contributed by atoms with Gasteiger partial charge in [0, 0.05) is 6.20 Å². The molecule has 0 N–H and O–H groups in total. The molecule has 2 heterocycles.